The molecule has 190 valence electrons. The number of carbonyl (C=O) groups is 1. The van der Waals surface area contributed by atoms with E-state index in [-0.39, 0.29) is 5.69 Å². The number of nitrogens with one attached hydrogen (secondary N) is 1. The molecule has 0 saturated carbocycles. The number of nitrogen functional groups attached to an aromatic ring is 1. The molecule has 1 aliphatic heterocycles. The number of amides is 1. The normalized spacial score (nSPS) is 14.1. The van der Waals surface area contributed by atoms with Crippen LogP contribution in [0.4, 0.5) is 30.4 Å². The summed E-state index contributed by atoms with van der Waals surface area (Å²) in [6, 6.07) is 14.4. The van der Waals surface area contributed by atoms with Crippen LogP contribution in [0.25, 0.3) is 22.0 Å². The van der Waals surface area contributed by atoms with Gasteiger partial charge < -0.3 is 16.0 Å². The van der Waals surface area contributed by atoms with Gasteiger partial charge in [0.05, 0.1) is 22.5 Å². The lowest BCUT2D eigenvalue weighted by atomic mass is 9.96. The van der Waals surface area contributed by atoms with Crippen LogP contribution in [-0.4, -0.2) is 29.0 Å². The third-order valence-electron chi connectivity index (χ3n) is 6.75. The van der Waals surface area contributed by atoms with Crippen molar-refractivity contribution in [3.8, 4) is 11.1 Å². The van der Waals surface area contributed by atoms with Gasteiger partial charge in [-0.2, -0.15) is 13.2 Å². The number of aromatic nitrogens is 2. The van der Waals surface area contributed by atoms with Crippen molar-refractivity contribution in [3.05, 3.63) is 77.6 Å². The zero-order valence-corrected chi connectivity index (χ0v) is 20.3. The van der Waals surface area contributed by atoms with Crippen LogP contribution in [0, 0.1) is 6.92 Å². The van der Waals surface area contributed by atoms with Gasteiger partial charge in [-0.15, -0.1) is 0 Å². The first-order valence-corrected chi connectivity index (χ1v) is 12.1. The fourth-order valence-electron chi connectivity index (χ4n) is 4.74. The van der Waals surface area contributed by atoms with Crippen LogP contribution in [0.5, 0.6) is 0 Å². The highest BCUT2D eigenvalue weighted by Gasteiger charge is 2.32. The first kappa shape index (κ1) is 24.5. The Bertz CT molecular complexity index is 1480. The molecule has 3 N–H and O–H groups in total. The zero-order chi connectivity index (χ0) is 26.2. The predicted octanol–water partition coefficient (Wildman–Crippen LogP) is 6.45. The quantitative estimate of drug-likeness (QED) is 0.333. The van der Waals surface area contributed by atoms with Crippen LogP contribution in [0.15, 0.2) is 60.9 Å². The largest absolute Gasteiger partial charge is 0.416 e. The summed E-state index contributed by atoms with van der Waals surface area (Å²) in [5.74, 6) is -0.129. The topological polar surface area (TPSA) is 84.1 Å². The van der Waals surface area contributed by atoms with Gasteiger partial charge >= 0.3 is 6.18 Å². The molecular weight excluding hydrogens is 479 g/mol. The van der Waals surface area contributed by atoms with Gasteiger partial charge in [0.25, 0.3) is 5.91 Å². The average molecular weight is 506 g/mol. The minimum Gasteiger partial charge on any atom is -0.383 e. The standard InChI is InChI=1S/C28H26F3N5O/c1-17-5-6-19(14-21(17)18-7-9-23-22(13-18)26(32)34-16-33-23)27(37)35-24-15-20(28(29,30)31)8-10-25(24)36-11-3-2-4-12-36/h5-10,13-16H,2-4,11-12H2,1H3,(H,35,37)(H2,32,33,34). The lowest BCUT2D eigenvalue weighted by Crippen LogP contribution is -2.30. The van der Waals surface area contributed by atoms with Crippen LogP contribution in [-0.2, 0) is 6.18 Å². The first-order chi connectivity index (χ1) is 17.7. The number of fused-ring (bicyclic) bond motifs is 1. The summed E-state index contributed by atoms with van der Waals surface area (Å²) in [6.45, 7) is 3.39. The van der Waals surface area contributed by atoms with Crippen molar-refractivity contribution in [1.29, 1.82) is 0 Å². The van der Waals surface area contributed by atoms with E-state index in [1.807, 2.05) is 36.1 Å². The van der Waals surface area contributed by atoms with Gasteiger partial charge in [0.15, 0.2) is 0 Å². The number of piperidine rings is 1. The highest BCUT2D eigenvalue weighted by molar-refractivity contribution is 6.07. The van der Waals surface area contributed by atoms with E-state index in [0.717, 1.165) is 61.2 Å². The number of hydrogen-bond donors (Lipinski definition) is 2. The van der Waals surface area contributed by atoms with Gasteiger partial charge in [0.1, 0.15) is 12.1 Å². The molecule has 0 unspecified atom stereocenters. The maximum atomic E-state index is 13.5. The van der Waals surface area contributed by atoms with Gasteiger partial charge in [0, 0.05) is 24.0 Å². The molecule has 1 aliphatic rings. The number of carbonyl (C=O) groups excluding carboxylic acids is 1. The number of anilines is 3. The molecule has 5 rings (SSSR count). The molecule has 2 heterocycles. The van der Waals surface area contributed by atoms with Crippen molar-refractivity contribution < 1.29 is 18.0 Å². The molecule has 1 aromatic heterocycles. The second kappa shape index (κ2) is 9.72. The Morgan fingerprint density at radius 3 is 2.51 bits per heavy atom. The molecular formula is C28H26F3N5O. The summed E-state index contributed by atoms with van der Waals surface area (Å²) in [7, 11) is 0. The third-order valence-corrected chi connectivity index (χ3v) is 6.75. The van der Waals surface area contributed by atoms with Gasteiger partial charge in [0.2, 0.25) is 0 Å². The fourth-order valence-corrected chi connectivity index (χ4v) is 4.74. The molecule has 1 saturated heterocycles. The Labute approximate surface area is 212 Å². The number of alkyl halides is 3. The zero-order valence-electron chi connectivity index (χ0n) is 20.3. The number of hydrogen-bond acceptors (Lipinski definition) is 5. The number of benzene rings is 3. The third kappa shape index (κ3) is 5.07. The second-order valence-corrected chi connectivity index (χ2v) is 9.25. The van der Waals surface area contributed by atoms with Crippen LogP contribution in [0.3, 0.4) is 0 Å². The number of rotatable bonds is 4. The maximum absolute atomic E-state index is 13.5. The molecule has 0 aliphatic carbocycles. The number of halogens is 3. The van der Waals surface area contributed by atoms with Crippen molar-refractivity contribution in [2.75, 3.05) is 29.0 Å². The Kier molecular flexibility index (Phi) is 6.45. The fraction of sp³-hybridized carbons (Fsp3) is 0.250. The summed E-state index contributed by atoms with van der Waals surface area (Å²) < 4.78 is 40.4. The van der Waals surface area contributed by atoms with Crippen LogP contribution in [0.2, 0.25) is 0 Å². The minimum atomic E-state index is -4.52. The smallest absolute Gasteiger partial charge is 0.383 e. The van der Waals surface area contributed by atoms with Crippen molar-refractivity contribution >= 4 is 34.0 Å². The highest BCUT2D eigenvalue weighted by atomic mass is 19.4. The van der Waals surface area contributed by atoms with E-state index < -0.39 is 17.6 Å². The summed E-state index contributed by atoms with van der Waals surface area (Å²) >= 11 is 0. The number of nitrogens with two attached hydrogens (primary N) is 1. The summed E-state index contributed by atoms with van der Waals surface area (Å²) in [5.41, 5.74) is 9.57. The molecule has 0 radical (unpaired) electrons. The molecule has 6 nitrogen and oxygen atoms in total. The van der Waals surface area contributed by atoms with Crippen molar-refractivity contribution in [1.82, 2.24) is 9.97 Å². The molecule has 3 aromatic carbocycles. The SMILES string of the molecule is Cc1ccc(C(=O)Nc2cc(C(F)(F)F)ccc2N2CCCCC2)cc1-c1ccc2ncnc(N)c2c1. The van der Waals surface area contributed by atoms with Crippen molar-refractivity contribution in [2.24, 2.45) is 0 Å². The van der Waals surface area contributed by atoms with Gasteiger partial charge in [-0.05, 0) is 85.3 Å². The maximum Gasteiger partial charge on any atom is 0.416 e. The summed E-state index contributed by atoms with van der Waals surface area (Å²) in [5, 5.41) is 3.45. The molecule has 37 heavy (non-hydrogen) atoms. The van der Waals surface area contributed by atoms with E-state index in [1.165, 1.54) is 12.4 Å². The second-order valence-electron chi connectivity index (χ2n) is 9.25. The molecule has 0 bridgehead atoms. The minimum absolute atomic E-state index is 0.152. The molecule has 1 fully saturated rings. The Hall–Kier alpha value is -4.14. The van der Waals surface area contributed by atoms with Gasteiger partial charge in [-0.25, -0.2) is 9.97 Å². The average Bonchev–Trinajstić information content (AvgIpc) is 2.89. The number of nitrogens with zero attached hydrogens (tertiary/aromatic N) is 3. The molecule has 4 aromatic rings. The lowest BCUT2D eigenvalue weighted by Gasteiger charge is -2.31. The van der Waals surface area contributed by atoms with Crippen LogP contribution >= 0.6 is 0 Å². The van der Waals surface area contributed by atoms with E-state index in [0.29, 0.717) is 28.0 Å². The van der Waals surface area contributed by atoms with Crippen LogP contribution in [0.1, 0.15) is 40.7 Å². The van der Waals surface area contributed by atoms with E-state index in [1.54, 1.807) is 12.1 Å². The Balaban J connectivity index is 1.50. The van der Waals surface area contributed by atoms with Gasteiger partial charge in [-0.3, -0.25) is 4.79 Å². The van der Waals surface area contributed by atoms with E-state index in [9.17, 15) is 18.0 Å². The monoisotopic (exact) mass is 505 g/mol. The van der Waals surface area contributed by atoms with Crippen LogP contribution < -0.4 is 16.0 Å². The van der Waals surface area contributed by atoms with E-state index in [4.69, 9.17) is 5.73 Å². The summed E-state index contributed by atoms with van der Waals surface area (Å²) in [6.07, 6.45) is -0.121. The highest BCUT2D eigenvalue weighted by Crippen LogP contribution is 2.37. The Morgan fingerprint density at radius 1 is 0.973 bits per heavy atom. The van der Waals surface area contributed by atoms with Crippen molar-refractivity contribution in [2.45, 2.75) is 32.4 Å². The van der Waals surface area contributed by atoms with E-state index in [2.05, 4.69) is 15.3 Å². The number of aryl methyl sites for hydroxylation is 1. The van der Waals surface area contributed by atoms with E-state index >= 15 is 0 Å². The van der Waals surface area contributed by atoms with Gasteiger partial charge in [-0.1, -0.05) is 12.1 Å². The van der Waals surface area contributed by atoms with Crippen molar-refractivity contribution in [3.63, 3.8) is 0 Å². The summed E-state index contributed by atoms with van der Waals surface area (Å²) in [4.78, 5) is 23.6. The predicted molar refractivity (Wildman–Crippen MR) is 140 cm³/mol. The Morgan fingerprint density at radius 2 is 1.76 bits per heavy atom. The molecule has 0 atom stereocenters. The molecule has 9 heteroatoms. The lowest BCUT2D eigenvalue weighted by molar-refractivity contribution is -0.137. The first-order valence-electron chi connectivity index (χ1n) is 12.1. The molecule has 0 spiro atoms. The molecule has 1 amide bonds.